The third-order valence-electron chi connectivity index (χ3n) is 2.49. The van der Waals surface area contributed by atoms with E-state index < -0.39 is 40.5 Å². The normalized spacial score (nSPS) is 11.1. The molecule has 1 aromatic heterocycles. The third-order valence-corrected chi connectivity index (χ3v) is 2.49. The van der Waals surface area contributed by atoms with Gasteiger partial charge in [0, 0.05) is 6.42 Å². The monoisotopic (exact) mass is 293 g/mol. The van der Waals surface area contributed by atoms with Gasteiger partial charge in [-0.05, 0) is 13.0 Å². The molecule has 1 heterocycles. The highest BCUT2D eigenvalue weighted by Gasteiger charge is 2.29. The van der Waals surface area contributed by atoms with Gasteiger partial charge in [-0.1, -0.05) is 0 Å². The van der Waals surface area contributed by atoms with E-state index in [4.69, 9.17) is 10.2 Å². The van der Waals surface area contributed by atoms with Gasteiger partial charge in [0.05, 0.1) is 0 Å². The number of hydrogen-bond donors (Lipinski definition) is 1. The first-order chi connectivity index (χ1) is 9.47. The maximum absolute atomic E-state index is 13.5. The average Bonchev–Trinajstić information content (AvgIpc) is 2.89. The quantitative estimate of drug-likeness (QED) is 0.534. The summed E-state index contributed by atoms with van der Waals surface area (Å²) in [6.45, 7) is 0.320. The molecule has 0 unspecified atom stereocenters. The van der Waals surface area contributed by atoms with Gasteiger partial charge in [0.15, 0.2) is 23.3 Å². The molecule has 20 heavy (non-hydrogen) atoms. The molecule has 0 spiro atoms. The van der Waals surface area contributed by atoms with Gasteiger partial charge < -0.3 is 10.2 Å². The molecule has 2 N–H and O–H groups in total. The number of nitrogens with two attached hydrogens (primary N) is 1. The Morgan fingerprint density at radius 3 is 1.95 bits per heavy atom. The van der Waals surface area contributed by atoms with Gasteiger partial charge >= 0.3 is 0 Å². The van der Waals surface area contributed by atoms with Crippen LogP contribution in [0.3, 0.4) is 0 Å². The van der Waals surface area contributed by atoms with Crippen molar-refractivity contribution in [2.24, 2.45) is 5.73 Å². The predicted molar refractivity (Wildman–Crippen MR) is 56.9 cm³/mol. The molecule has 0 aliphatic rings. The predicted octanol–water partition coefficient (Wildman–Crippen LogP) is 2.32. The molecule has 0 amide bonds. The van der Waals surface area contributed by atoms with Crippen LogP contribution in [0.5, 0.6) is 0 Å². The molecule has 1 aromatic carbocycles. The van der Waals surface area contributed by atoms with Crippen LogP contribution in [0.2, 0.25) is 0 Å². The molecule has 0 bridgehead atoms. The Morgan fingerprint density at radius 1 is 0.850 bits per heavy atom. The molecule has 0 saturated carbocycles. The van der Waals surface area contributed by atoms with Crippen molar-refractivity contribution in [2.75, 3.05) is 6.54 Å². The third kappa shape index (κ3) is 2.36. The summed E-state index contributed by atoms with van der Waals surface area (Å²) in [7, 11) is 0. The standard InChI is InChI=1S/C11H8F5N3O/c12-6-5(7(13)9(15)10(16)8(6)14)11-19-18-4(20-11)2-1-3-17/h1-3,17H2. The maximum Gasteiger partial charge on any atom is 0.253 e. The fourth-order valence-corrected chi connectivity index (χ4v) is 1.50. The van der Waals surface area contributed by atoms with E-state index >= 15 is 0 Å². The summed E-state index contributed by atoms with van der Waals surface area (Å²) in [4.78, 5) is 0. The van der Waals surface area contributed by atoms with Crippen molar-refractivity contribution in [3.05, 3.63) is 35.0 Å². The molecule has 0 aliphatic carbocycles. The Balaban J connectivity index is 2.50. The lowest BCUT2D eigenvalue weighted by Gasteiger charge is -2.04. The second-order valence-electron chi connectivity index (χ2n) is 3.84. The molecule has 2 aromatic rings. The van der Waals surface area contributed by atoms with E-state index in [1.54, 1.807) is 0 Å². The van der Waals surface area contributed by atoms with E-state index in [0.717, 1.165) is 0 Å². The summed E-state index contributed by atoms with van der Waals surface area (Å²) in [5.41, 5.74) is 4.01. The van der Waals surface area contributed by atoms with Crippen molar-refractivity contribution in [1.82, 2.24) is 10.2 Å². The highest BCUT2D eigenvalue weighted by Crippen LogP contribution is 2.30. The molecule has 0 fully saturated rings. The minimum absolute atomic E-state index is 0.00519. The zero-order valence-corrected chi connectivity index (χ0v) is 9.89. The first kappa shape index (κ1) is 14.4. The minimum Gasteiger partial charge on any atom is -0.420 e. The topological polar surface area (TPSA) is 64.9 Å². The zero-order chi connectivity index (χ0) is 14.9. The highest BCUT2D eigenvalue weighted by atomic mass is 19.2. The van der Waals surface area contributed by atoms with E-state index in [2.05, 4.69) is 10.2 Å². The summed E-state index contributed by atoms with van der Waals surface area (Å²) in [5, 5.41) is 6.73. The number of benzene rings is 1. The van der Waals surface area contributed by atoms with Gasteiger partial charge in [-0.15, -0.1) is 10.2 Å². The summed E-state index contributed by atoms with van der Waals surface area (Å²) < 4.78 is 70.8. The van der Waals surface area contributed by atoms with Gasteiger partial charge in [-0.3, -0.25) is 0 Å². The second kappa shape index (κ2) is 5.53. The summed E-state index contributed by atoms with van der Waals surface area (Å²) >= 11 is 0. The van der Waals surface area contributed by atoms with Crippen LogP contribution in [0.15, 0.2) is 4.42 Å². The SMILES string of the molecule is NCCCc1nnc(-c2c(F)c(F)c(F)c(F)c2F)o1. The Morgan fingerprint density at radius 2 is 1.40 bits per heavy atom. The van der Waals surface area contributed by atoms with Crippen LogP contribution < -0.4 is 5.73 Å². The van der Waals surface area contributed by atoms with Crippen LogP contribution in [0.1, 0.15) is 12.3 Å². The van der Waals surface area contributed by atoms with Crippen LogP contribution in [-0.2, 0) is 6.42 Å². The van der Waals surface area contributed by atoms with Gasteiger partial charge in [0.2, 0.25) is 11.7 Å². The number of aryl methyl sites for hydroxylation is 1. The van der Waals surface area contributed by atoms with Crippen LogP contribution in [0.25, 0.3) is 11.5 Å². The molecule has 108 valence electrons. The molecule has 9 heteroatoms. The van der Waals surface area contributed by atoms with Crippen LogP contribution in [0, 0.1) is 29.1 Å². The Hall–Kier alpha value is -2.03. The van der Waals surface area contributed by atoms with E-state index in [0.29, 0.717) is 13.0 Å². The van der Waals surface area contributed by atoms with E-state index in [1.807, 2.05) is 0 Å². The first-order valence-electron chi connectivity index (χ1n) is 5.51. The van der Waals surface area contributed by atoms with E-state index in [1.165, 1.54) is 0 Å². The van der Waals surface area contributed by atoms with Crippen LogP contribution in [0.4, 0.5) is 22.0 Å². The van der Waals surface area contributed by atoms with Gasteiger partial charge in [-0.25, -0.2) is 22.0 Å². The molecule has 0 atom stereocenters. The largest absolute Gasteiger partial charge is 0.420 e. The highest BCUT2D eigenvalue weighted by molar-refractivity contribution is 5.55. The number of nitrogens with zero attached hydrogens (tertiary/aromatic N) is 2. The summed E-state index contributed by atoms with van der Waals surface area (Å²) in [6.07, 6.45) is 0.706. The number of aromatic nitrogens is 2. The van der Waals surface area contributed by atoms with Gasteiger partial charge in [0.25, 0.3) is 5.89 Å². The van der Waals surface area contributed by atoms with Gasteiger partial charge in [0.1, 0.15) is 5.56 Å². The fourth-order valence-electron chi connectivity index (χ4n) is 1.50. The lowest BCUT2D eigenvalue weighted by atomic mass is 10.1. The van der Waals surface area contributed by atoms with E-state index in [9.17, 15) is 22.0 Å². The van der Waals surface area contributed by atoms with Crippen molar-refractivity contribution in [2.45, 2.75) is 12.8 Å². The number of halogens is 5. The Bertz CT molecular complexity index is 614. The first-order valence-corrected chi connectivity index (χ1v) is 5.51. The van der Waals surface area contributed by atoms with Crippen molar-refractivity contribution in [1.29, 1.82) is 0 Å². The smallest absolute Gasteiger partial charge is 0.253 e. The molecule has 0 saturated heterocycles. The van der Waals surface area contributed by atoms with Crippen molar-refractivity contribution < 1.29 is 26.4 Å². The second-order valence-corrected chi connectivity index (χ2v) is 3.84. The lowest BCUT2D eigenvalue weighted by molar-refractivity contribution is 0.377. The molecule has 0 aliphatic heterocycles. The summed E-state index contributed by atoms with van der Waals surface area (Å²) in [5.74, 6) is -11.2. The van der Waals surface area contributed by atoms with Gasteiger partial charge in [-0.2, -0.15) is 0 Å². The summed E-state index contributed by atoms with van der Waals surface area (Å²) in [6, 6.07) is 0. The Kier molecular flexibility index (Phi) is 3.98. The molecular weight excluding hydrogens is 285 g/mol. The zero-order valence-electron chi connectivity index (χ0n) is 9.89. The average molecular weight is 293 g/mol. The minimum atomic E-state index is -2.24. The lowest BCUT2D eigenvalue weighted by Crippen LogP contribution is -2.04. The maximum atomic E-state index is 13.5. The van der Waals surface area contributed by atoms with Crippen molar-refractivity contribution in [3.8, 4) is 11.5 Å². The van der Waals surface area contributed by atoms with E-state index in [-0.39, 0.29) is 12.3 Å². The van der Waals surface area contributed by atoms with Crippen molar-refractivity contribution in [3.63, 3.8) is 0 Å². The molecule has 2 rings (SSSR count). The Labute approximate surface area is 109 Å². The number of rotatable bonds is 4. The van der Waals surface area contributed by atoms with Crippen LogP contribution in [-0.4, -0.2) is 16.7 Å². The fraction of sp³-hybridized carbons (Fsp3) is 0.273. The molecular formula is C11H8F5N3O. The molecule has 0 radical (unpaired) electrons. The number of hydrogen-bond acceptors (Lipinski definition) is 4. The van der Waals surface area contributed by atoms with Crippen LogP contribution >= 0.6 is 0 Å². The van der Waals surface area contributed by atoms with Crippen molar-refractivity contribution >= 4 is 0 Å². The molecule has 4 nitrogen and oxygen atoms in total.